The Morgan fingerprint density at radius 3 is 2.47 bits per heavy atom. The molecule has 1 rings (SSSR count). The zero-order chi connectivity index (χ0) is 14.3. The van der Waals surface area contributed by atoms with Gasteiger partial charge in [-0.3, -0.25) is 9.59 Å². The molecule has 1 aliphatic carbocycles. The van der Waals surface area contributed by atoms with Crippen molar-refractivity contribution in [2.45, 2.75) is 52.9 Å². The highest BCUT2D eigenvalue weighted by Crippen LogP contribution is 2.33. The van der Waals surface area contributed by atoms with E-state index in [4.69, 9.17) is 0 Å². The number of nitrogens with one attached hydrogen (secondary N) is 2. The summed E-state index contributed by atoms with van der Waals surface area (Å²) in [6.07, 6.45) is 5.00. The Labute approximate surface area is 116 Å². The lowest BCUT2D eigenvalue weighted by atomic mass is 9.93. The lowest BCUT2D eigenvalue weighted by molar-refractivity contribution is -0.126. The summed E-state index contributed by atoms with van der Waals surface area (Å²) in [4.78, 5) is 23.4. The summed E-state index contributed by atoms with van der Waals surface area (Å²) in [7, 11) is 0. The predicted octanol–water partition coefficient (Wildman–Crippen LogP) is 2.09. The standard InChI is InChI=1S/C15H28N2O2/c1-4-12-6-5-7-13(12)15(19)17-9-8-16-14(18)10-11(2)3/h11-13H,4-10H2,1-3H3,(H,16,18)(H,17,19)/t12-,13+/m0/s1. The molecule has 0 aromatic rings. The minimum Gasteiger partial charge on any atom is -0.354 e. The minimum atomic E-state index is 0.0663. The molecule has 19 heavy (non-hydrogen) atoms. The molecular weight excluding hydrogens is 240 g/mol. The van der Waals surface area contributed by atoms with Crippen molar-refractivity contribution in [3.63, 3.8) is 0 Å². The normalized spacial score (nSPS) is 22.5. The highest BCUT2D eigenvalue weighted by molar-refractivity contribution is 5.79. The molecule has 0 aliphatic heterocycles. The monoisotopic (exact) mass is 268 g/mol. The van der Waals surface area contributed by atoms with Gasteiger partial charge < -0.3 is 10.6 Å². The van der Waals surface area contributed by atoms with Crippen molar-refractivity contribution in [2.75, 3.05) is 13.1 Å². The van der Waals surface area contributed by atoms with Gasteiger partial charge in [0.25, 0.3) is 0 Å². The summed E-state index contributed by atoms with van der Waals surface area (Å²) >= 11 is 0. The average molecular weight is 268 g/mol. The van der Waals surface area contributed by atoms with Gasteiger partial charge in [-0.25, -0.2) is 0 Å². The first-order chi connectivity index (χ1) is 9.04. The van der Waals surface area contributed by atoms with Crippen LogP contribution in [-0.2, 0) is 9.59 Å². The predicted molar refractivity (Wildman–Crippen MR) is 76.6 cm³/mol. The highest BCUT2D eigenvalue weighted by atomic mass is 16.2. The van der Waals surface area contributed by atoms with E-state index in [1.54, 1.807) is 0 Å². The molecule has 0 heterocycles. The first kappa shape index (κ1) is 16.0. The second-order valence-corrected chi connectivity index (χ2v) is 5.94. The average Bonchev–Trinajstić information content (AvgIpc) is 2.81. The Kier molecular flexibility index (Phi) is 6.89. The molecule has 1 aliphatic rings. The van der Waals surface area contributed by atoms with E-state index in [1.165, 1.54) is 12.8 Å². The quantitative estimate of drug-likeness (QED) is 0.695. The number of carbonyl (C=O) groups is 2. The Morgan fingerprint density at radius 2 is 1.84 bits per heavy atom. The molecule has 1 fully saturated rings. The third-order valence-corrected chi connectivity index (χ3v) is 3.86. The molecule has 4 nitrogen and oxygen atoms in total. The summed E-state index contributed by atoms with van der Waals surface area (Å²) in [5, 5.41) is 5.78. The summed E-state index contributed by atoms with van der Waals surface area (Å²) in [6.45, 7) is 7.26. The van der Waals surface area contributed by atoms with E-state index in [-0.39, 0.29) is 17.7 Å². The van der Waals surface area contributed by atoms with Crippen LogP contribution >= 0.6 is 0 Å². The fourth-order valence-corrected chi connectivity index (χ4v) is 2.83. The van der Waals surface area contributed by atoms with E-state index in [0.717, 1.165) is 12.8 Å². The maximum Gasteiger partial charge on any atom is 0.223 e. The maximum atomic E-state index is 12.0. The molecule has 0 spiro atoms. The number of hydrogen-bond acceptors (Lipinski definition) is 2. The van der Waals surface area contributed by atoms with Crippen LogP contribution in [0, 0.1) is 17.8 Å². The molecule has 110 valence electrons. The first-order valence-electron chi connectivity index (χ1n) is 7.59. The Morgan fingerprint density at radius 1 is 1.16 bits per heavy atom. The molecule has 2 atom stereocenters. The van der Waals surface area contributed by atoms with Gasteiger partial charge in [0.15, 0.2) is 0 Å². The smallest absolute Gasteiger partial charge is 0.223 e. The van der Waals surface area contributed by atoms with Gasteiger partial charge in [-0.1, -0.05) is 33.6 Å². The van der Waals surface area contributed by atoms with Crippen LogP contribution in [0.5, 0.6) is 0 Å². The van der Waals surface area contributed by atoms with Gasteiger partial charge in [-0.2, -0.15) is 0 Å². The van der Waals surface area contributed by atoms with Crippen LogP contribution in [-0.4, -0.2) is 24.9 Å². The molecule has 0 aromatic heterocycles. The zero-order valence-corrected chi connectivity index (χ0v) is 12.5. The van der Waals surface area contributed by atoms with Crippen molar-refractivity contribution in [3.05, 3.63) is 0 Å². The van der Waals surface area contributed by atoms with Gasteiger partial charge in [0.05, 0.1) is 0 Å². The van der Waals surface area contributed by atoms with E-state index in [2.05, 4.69) is 17.6 Å². The molecule has 0 radical (unpaired) electrons. The van der Waals surface area contributed by atoms with Crippen molar-refractivity contribution < 1.29 is 9.59 Å². The fraction of sp³-hybridized carbons (Fsp3) is 0.867. The van der Waals surface area contributed by atoms with Crippen LogP contribution in [0.15, 0.2) is 0 Å². The van der Waals surface area contributed by atoms with Gasteiger partial charge in [0.1, 0.15) is 0 Å². The van der Waals surface area contributed by atoms with Crippen molar-refractivity contribution in [1.29, 1.82) is 0 Å². The van der Waals surface area contributed by atoms with E-state index in [1.807, 2.05) is 13.8 Å². The van der Waals surface area contributed by atoms with Gasteiger partial charge in [0.2, 0.25) is 11.8 Å². The van der Waals surface area contributed by atoms with E-state index < -0.39 is 0 Å². The molecule has 0 aromatic carbocycles. The topological polar surface area (TPSA) is 58.2 Å². The lowest BCUT2D eigenvalue weighted by Crippen LogP contribution is -2.38. The van der Waals surface area contributed by atoms with Crippen LogP contribution in [0.2, 0.25) is 0 Å². The SMILES string of the molecule is CC[C@H]1CCC[C@H]1C(=O)NCCNC(=O)CC(C)C. The largest absolute Gasteiger partial charge is 0.354 e. The lowest BCUT2D eigenvalue weighted by Gasteiger charge is -2.17. The van der Waals surface area contributed by atoms with Gasteiger partial charge in [0, 0.05) is 25.4 Å². The number of hydrogen-bond donors (Lipinski definition) is 2. The Bertz CT molecular complexity index is 303. The Balaban J connectivity index is 2.15. The molecule has 1 saturated carbocycles. The van der Waals surface area contributed by atoms with Crippen LogP contribution in [0.1, 0.15) is 52.9 Å². The van der Waals surface area contributed by atoms with Crippen LogP contribution in [0.4, 0.5) is 0 Å². The minimum absolute atomic E-state index is 0.0663. The first-order valence-corrected chi connectivity index (χ1v) is 7.59. The number of amides is 2. The molecule has 0 unspecified atom stereocenters. The van der Waals surface area contributed by atoms with Crippen molar-refractivity contribution in [3.8, 4) is 0 Å². The second-order valence-electron chi connectivity index (χ2n) is 5.94. The van der Waals surface area contributed by atoms with Gasteiger partial charge in [-0.15, -0.1) is 0 Å². The van der Waals surface area contributed by atoms with Crippen LogP contribution in [0.25, 0.3) is 0 Å². The zero-order valence-electron chi connectivity index (χ0n) is 12.5. The third kappa shape index (κ3) is 5.62. The van der Waals surface area contributed by atoms with Crippen molar-refractivity contribution in [1.82, 2.24) is 10.6 Å². The molecule has 2 N–H and O–H groups in total. The van der Waals surface area contributed by atoms with Gasteiger partial charge in [-0.05, 0) is 24.7 Å². The van der Waals surface area contributed by atoms with E-state index in [9.17, 15) is 9.59 Å². The third-order valence-electron chi connectivity index (χ3n) is 3.86. The van der Waals surface area contributed by atoms with Crippen LogP contribution in [0.3, 0.4) is 0 Å². The molecule has 0 saturated heterocycles. The van der Waals surface area contributed by atoms with Gasteiger partial charge >= 0.3 is 0 Å². The van der Waals surface area contributed by atoms with E-state index >= 15 is 0 Å². The maximum absolute atomic E-state index is 12.0. The fourth-order valence-electron chi connectivity index (χ4n) is 2.83. The van der Waals surface area contributed by atoms with Crippen LogP contribution < -0.4 is 10.6 Å². The molecule has 4 heteroatoms. The summed E-state index contributed by atoms with van der Waals surface area (Å²) in [6, 6.07) is 0. The van der Waals surface area contributed by atoms with Crippen molar-refractivity contribution in [2.24, 2.45) is 17.8 Å². The number of carbonyl (C=O) groups excluding carboxylic acids is 2. The highest BCUT2D eigenvalue weighted by Gasteiger charge is 2.31. The van der Waals surface area contributed by atoms with Crippen molar-refractivity contribution >= 4 is 11.8 Å². The second kappa shape index (κ2) is 8.18. The van der Waals surface area contributed by atoms with E-state index in [0.29, 0.717) is 31.3 Å². The molecule has 0 bridgehead atoms. The summed E-state index contributed by atoms with van der Waals surface area (Å²) in [5.74, 6) is 1.35. The number of rotatable bonds is 7. The molecular formula is C15H28N2O2. The Hall–Kier alpha value is -1.06. The summed E-state index contributed by atoms with van der Waals surface area (Å²) in [5.41, 5.74) is 0. The molecule has 2 amide bonds. The summed E-state index contributed by atoms with van der Waals surface area (Å²) < 4.78 is 0.